The van der Waals surface area contributed by atoms with Gasteiger partial charge in [0.1, 0.15) is 11.1 Å². The standard InChI is InChI=1S/C20H20N4O5S/c1-30(27,28)19(8-7-17(21)25)24-12-9-15(13-18(24)26)14-3-5-16(6-4-14)29-20-22-10-2-11-23-20/h2-6,9-13,19H,7-8H2,1H3,(H2,21,25). The van der Waals surface area contributed by atoms with Crippen LogP contribution in [0.4, 0.5) is 0 Å². The Bertz CT molecular complexity index is 1190. The minimum absolute atomic E-state index is 0.0684. The maximum Gasteiger partial charge on any atom is 0.321 e. The predicted octanol–water partition coefficient (Wildman–Crippen LogP) is 1.91. The number of nitrogens with zero attached hydrogens (tertiary/aromatic N) is 3. The van der Waals surface area contributed by atoms with E-state index >= 15 is 0 Å². The molecule has 3 rings (SSSR count). The number of aromatic nitrogens is 3. The van der Waals surface area contributed by atoms with Crippen molar-refractivity contribution in [2.24, 2.45) is 5.73 Å². The van der Waals surface area contributed by atoms with Gasteiger partial charge in [0.2, 0.25) is 5.91 Å². The van der Waals surface area contributed by atoms with Crippen molar-refractivity contribution < 1.29 is 17.9 Å². The van der Waals surface area contributed by atoms with Crippen molar-refractivity contribution in [2.75, 3.05) is 6.26 Å². The highest BCUT2D eigenvalue weighted by Crippen LogP contribution is 2.25. The normalized spacial score (nSPS) is 12.3. The molecule has 0 aliphatic carbocycles. The van der Waals surface area contributed by atoms with Crippen LogP contribution in [0.25, 0.3) is 11.1 Å². The highest BCUT2D eigenvalue weighted by molar-refractivity contribution is 7.90. The zero-order chi connectivity index (χ0) is 21.7. The molecule has 1 unspecified atom stereocenters. The molecule has 2 N–H and O–H groups in total. The van der Waals surface area contributed by atoms with Crippen LogP contribution < -0.4 is 16.0 Å². The number of ether oxygens (including phenoxy) is 1. The molecule has 10 heteroatoms. The first-order chi connectivity index (χ1) is 14.2. The van der Waals surface area contributed by atoms with Crippen molar-refractivity contribution in [3.05, 3.63) is 71.4 Å². The van der Waals surface area contributed by atoms with E-state index in [2.05, 4.69) is 9.97 Å². The fraction of sp³-hybridized carbons (Fsp3) is 0.200. The summed E-state index contributed by atoms with van der Waals surface area (Å²) >= 11 is 0. The first kappa shape index (κ1) is 21.2. The topological polar surface area (TPSA) is 134 Å². The summed E-state index contributed by atoms with van der Waals surface area (Å²) in [6.07, 6.45) is 5.36. The fourth-order valence-corrected chi connectivity index (χ4v) is 4.02. The lowest BCUT2D eigenvalue weighted by Crippen LogP contribution is -2.29. The summed E-state index contributed by atoms with van der Waals surface area (Å²) in [6.45, 7) is 0. The number of amides is 1. The van der Waals surface area contributed by atoms with Crippen LogP contribution >= 0.6 is 0 Å². The Morgan fingerprint density at radius 2 is 1.80 bits per heavy atom. The van der Waals surface area contributed by atoms with Crippen molar-refractivity contribution >= 4 is 15.7 Å². The van der Waals surface area contributed by atoms with Crippen LogP contribution in [0.15, 0.2) is 65.8 Å². The van der Waals surface area contributed by atoms with Crippen LogP contribution in [0.1, 0.15) is 18.2 Å². The average molecular weight is 428 g/mol. The van der Waals surface area contributed by atoms with E-state index in [0.29, 0.717) is 11.3 Å². The van der Waals surface area contributed by atoms with Crippen molar-refractivity contribution in [3.63, 3.8) is 0 Å². The zero-order valence-corrected chi connectivity index (χ0v) is 17.0. The molecule has 0 aliphatic rings. The first-order valence-electron chi connectivity index (χ1n) is 8.99. The van der Waals surface area contributed by atoms with Gasteiger partial charge in [-0.25, -0.2) is 18.4 Å². The lowest BCUT2D eigenvalue weighted by molar-refractivity contribution is -0.118. The average Bonchev–Trinajstić information content (AvgIpc) is 2.69. The van der Waals surface area contributed by atoms with Gasteiger partial charge in [0, 0.05) is 37.3 Å². The molecule has 0 spiro atoms. The summed E-state index contributed by atoms with van der Waals surface area (Å²) in [5.41, 5.74) is 5.98. The number of carbonyl (C=O) groups excluding carboxylic acids is 1. The van der Waals surface area contributed by atoms with Gasteiger partial charge < -0.3 is 10.5 Å². The highest BCUT2D eigenvalue weighted by atomic mass is 32.2. The Hall–Kier alpha value is -3.53. The third-order valence-corrected chi connectivity index (χ3v) is 5.78. The smallest absolute Gasteiger partial charge is 0.321 e. The molecule has 1 aromatic carbocycles. The van der Waals surface area contributed by atoms with Gasteiger partial charge in [-0.05, 0) is 41.8 Å². The van der Waals surface area contributed by atoms with E-state index < -0.39 is 26.7 Å². The SMILES string of the molecule is CS(=O)(=O)C(CCC(N)=O)n1ccc(-c2ccc(Oc3ncccn3)cc2)cc1=O. The van der Waals surface area contributed by atoms with Gasteiger partial charge in [-0.2, -0.15) is 0 Å². The third-order valence-electron chi connectivity index (χ3n) is 4.33. The van der Waals surface area contributed by atoms with Crippen molar-refractivity contribution in [2.45, 2.75) is 18.2 Å². The van der Waals surface area contributed by atoms with Gasteiger partial charge in [-0.1, -0.05) is 12.1 Å². The molecule has 0 aliphatic heterocycles. The molecule has 1 atom stereocenters. The van der Waals surface area contributed by atoms with Crippen molar-refractivity contribution in [1.29, 1.82) is 0 Å². The number of carbonyl (C=O) groups is 1. The molecule has 0 saturated heterocycles. The first-order valence-corrected chi connectivity index (χ1v) is 10.9. The minimum atomic E-state index is -3.62. The van der Waals surface area contributed by atoms with E-state index in [1.165, 1.54) is 12.3 Å². The van der Waals surface area contributed by atoms with Gasteiger partial charge in [0.05, 0.1) is 0 Å². The Kier molecular flexibility index (Phi) is 6.26. The number of hydrogen-bond donors (Lipinski definition) is 1. The second kappa shape index (κ2) is 8.87. The fourth-order valence-electron chi connectivity index (χ4n) is 2.89. The molecular weight excluding hydrogens is 408 g/mol. The zero-order valence-electron chi connectivity index (χ0n) is 16.1. The Balaban J connectivity index is 1.83. The van der Waals surface area contributed by atoms with Crippen LogP contribution in [0.5, 0.6) is 11.8 Å². The predicted molar refractivity (Wildman–Crippen MR) is 111 cm³/mol. The van der Waals surface area contributed by atoms with Gasteiger partial charge >= 0.3 is 6.01 Å². The number of rotatable bonds is 8. The Morgan fingerprint density at radius 3 is 2.37 bits per heavy atom. The molecular formula is C20H20N4O5S. The summed E-state index contributed by atoms with van der Waals surface area (Å²) in [4.78, 5) is 31.6. The summed E-state index contributed by atoms with van der Waals surface area (Å²) in [5, 5.41) is -1.16. The molecule has 9 nitrogen and oxygen atoms in total. The molecule has 30 heavy (non-hydrogen) atoms. The number of hydrogen-bond acceptors (Lipinski definition) is 7. The van der Waals surface area contributed by atoms with E-state index in [-0.39, 0.29) is 18.9 Å². The van der Waals surface area contributed by atoms with Gasteiger partial charge in [-0.15, -0.1) is 0 Å². The van der Waals surface area contributed by atoms with E-state index in [1.807, 2.05) is 0 Å². The molecule has 0 bridgehead atoms. The van der Waals surface area contributed by atoms with E-state index in [4.69, 9.17) is 10.5 Å². The van der Waals surface area contributed by atoms with E-state index in [9.17, 15) is 18.0 Å². The third kappa shape index (κ3) is 5.29. The minimum Gasteiger partial charge on any atom is -0.424 e. The molecule has 3 aromatic rings. The lowest BCUT2D eigenvalue weighted by atomic mass is 10.1. The summed E-state index contributed by atoms with van der Waals surface area (Å²) < 4.78 is 30.8. The number of benzene rings is 1. The highest BCUT2D eigenvalue weighted by Gasteiger charge is 2.24. The van der Waals surface area contributed by atoms with E-state index in [1.54, 1.807) is 48.8 Å². The van der Waals surface area contributed by atoms with Crippen LogP contribution in [0.2, 0.25) is 0 Å². The van der Waals surface area contributed by atoms with Gasteiger partial charge in [0.25, 0.3) is 5.56 Å². The van der Waals surface area contributed by atoms with Gasteiger partial charge in [0.15, 0.2) is 9.84 Å². The molecule has 2 aromatic heterocycles. The second-order valence-electron chi connectivity index (χ2n) is 6.61. The summed E-state index contributed by atoms with van der Waals surface area (Å²) in [7, 11) is -3.62. The van der Waals surface area contributed by atoms with Crippen LogP contribution in [-0.2, 0) is 14.6 Å². The molecule has 156 valence electrons. The van der Waals surface area contributed by atoms with Gasteiger partial charge in [-0.3, -0.25) is 14.2 Å². The number of primary amides is 1. The number of pyridine rings is 1. The van der Waals surface area contributed by atoms with Crippen LogP contribution in [0, 0.1) is 0 Å². The quantitative estimate of drug-likeness (QED) is 0.579. The van der Waals surface area contributed by atoms with E-state index in [0.717, 1.165) is 16.4 Å². The molecule has 1 amide bonds. The van der Waals surface area contributed by atoms with Crippen LogP contribution in [0.3, 0.4) is 0 Å². The largest absolute Gasteiger partial charge is 0.424 e. The number of sulfone groups is 1. The molecule has 0 radical (unpaired) electrons. The van der Waals surface area contributed by atoms with Crippen LogP contribution in [-0.4, -0.2) is 35.1 Å². The summed E-state index contributed by atoms with van der Waals surface area (Å²) in [6, 6.07) is 11.8. The second-order valence-corrected chi connectivity index (χ2v) is 8.81. The maximum atomic E-state index is 12.6. The summed E-state index contributed by atoms with van der Waals surface area (Å²) in [5.74, 6) is -0.0987. The Labute approximate surface area is 173 Å². The molecule has 0 fully saturated rings. The monoisotopic (exact) mass is 428 g/mol. The number of nitrogens with two attached hydrogens (primary N) is 1. The van der Waals surface area contributed by atoms with Crippen molar-refractivity contribution in [1.82, 2.24) is 14.5 Å². The van der Waals surface area contributed by atoms with Crippen molar-refractivity contribution in [3.8, 4) is 22.9 Å². The lowest BCUT2D eigenvalue weighted by Gasteiger charge is -2.18. The maximum absolute atomic E-state index is 12.6. The Morgan fingerprint density at radius 1 is 1.13 bits per heavy atom. The molecule has 0 saturated carbocycles. The molecule has 2 heterocycles.